The monoisotopic (exact) mass is 241 g/mol. The van der Waals surface area contributed by atoms with Crippen LogP contribution in [0, 0.1) is 4.91 Å². The molecule has 1 aromatic heterocycles. The maximum atomic E-state index is 10.7. The van der Waals surface area contributed by atoms with Gasteiger partial charge in [-0.1, -0.05) is 0 Å². The Hall–Kier alpha value is -1.50. The molecular formula is C9H11N3O3S. The van der Waals surface area contributed by atoms with Crippen LogP contribution in [0.1, 0.15) is 34.3 Å². The van der Waals surface area contributed by atoms with E-state index in [1.807, 2.05) is 0 Å². The first-order chi connectivity index (χ1) is 7.70. The molecule has 0 aromatic carbocycles. The molecule has 1 saturated heterocycles. The topological polar surface area (TPSA) is 82.9 Å². The molecule has 0 aliphatic carbocycles. The molecule has 0 atom stereocenters. The molecule has 1 N–H and O–H groups in total. The predicted octanol–water partition coefficient (Wildman–Crippen LogP) is 1.70. The molecule has 6 nitrogen and oxygen atoms in total. The predicted molar refractivity (Wildman–Crippen MR) is 58.4 cm³/mol. The van der Waals surface area contributed by atoms with Crippen LogP contribution in [-0.4, -0.2) is 34.2 Å². The minimum atomic E-state index is -0.991. The molecular weight excluding hydrogens is 230 g/mol. The summed E-state index contributed by atoms with van der Waals surface area (Å²) in [5.74, 6) is -0.731. The summed E-state index contributed by atoms with van der Waals surface area (Å²) in [6, 6.07) is 0. The van der Waals surface area contributed by atoms with Crippen LogP contribution in [0.25, 0.3) is 0 Å². The Morgan fingerprint density at radius 2 is 2.25 bits per heavy atom. The third-order valence-electron chi connectivity index (χ3n) is 2.68. The molecule has 0 unspecified atom stereocenters. The molecule has 1 aliphatic rings. The van der Waals surface area contributed by atoms with Gasteiger partial charge in [0.1, 0.15) is 0 Å². The number of hydrogen-bond acceptors (Lipinski definition) is 5. The van der Waals surface area contributed by atoms with Gasteiger partial charge < -0.3 is 5.11 Å². The van der Waals surface area contributed by atoms with Gasteiger partial charge in [-0.25, -0.2) is 9.78 Å². The number of carbonyl (C=O) groups is 1. The fourth-order valence-electron chi connectivity index (χ4n) is 1.77. The van der Waals surface area contributed by atoms with Crippen molar-refractivity contribution >= 4 is 17.3 Å². The van der Waals surface area contributed by atoms with Gasteiger partial charge in [0.25, 0.3) is 0 Å². The van der Waals surface area contributed by atoms with Gasteiger partial charge in [-0.3, -0.25) is 5.01 Å². The number of nitroso groups, excluding NO2 is 1. The molecule has 1 aliphatic heterocycles. The van der Waals surface area contributed by atoms with Crippen molar-refractivity contribution in [3.63, 3.8) is 0 Å². The van der Waals surface area contributed by atoms with Crippen molar-refractivity contribution in [1.29, 1.82) is 0 Å². The molecule has 7 heteroatoms. The highest BCUT2D eigenvalue weighted by molar-refractivity contribution is 7.09. The summed E-state index contributed by atoms with van der Waals surface area (Å²) in [5.41, 5.74) is 0.107. The van der Waals surface area contributed by atoms with E-state index < -0.39 is 5.97 Å². The summed E-state index contributed by atoms with van der Waals surface area (Å²) in [6.45, 7) is 1.24. The summed E-state index contributed by atoms with van der Waals surface area (Å²) < 4.78 is 0. The number of hydrogen-bond donors (Lipinski definition) is 1. The van der Waals surface area contributed by atoms with Gasteiger partial charge in [-0.15, -0.1) is 16.2 Å². The second-order valence-corrected chi connectivity index (χ2v) is 4.58. The standard InChI is InChI=1S/C9H11N3O3S/c13-9(14)7-5-16-8(10-7)6-1-3-12(11-15)4-2-6/h5-6H,1-4H2,(H,13,14). The largest absolute Gasteiger partial charge is 0.476 e. The first kappa shape index (κ1) is 11.0. The van der Waals surface area contributed by atoms with E-state index in [9.17, 15) is 9.70 Å². The lowest BCUT2D eigenvalue weighted by Crippen LogP contribution is -2.28. The van der Waals surface area contributed by atoms with Crippen molar-refractivity contribution in [2.75, 3.05) is 13.1 Å². The molecule has 16 heavy (non-hydrogen) atoms. The van der Waals surface area contributed by atoms with Gasteiger partial charge in [-0.2, -0.15) is 0 Å². The van der Waals surface area contributed by atoms with Crippen LogP contribution < -0.4 is 0 Å². The van der Waals surface area contributed by atoms with E-state index in [0.29, 0.717) is 13.1 Å². The van der Waals surface area contributed by atoms with Crippen LogP contribution >= 0.6 is 11.3 Å². The van der Waals surface area contributed by atoms with E-state index in [-0.39, 0.29) is 11.6 Å². The van der Waals surface area contributed by atoms with Crippen molar-refractivity contribution in [3.8, 4) is 0 Å². The average Bonchev–Trinajstić information content (AvgIpc) is 2.78. The number of nitrogens with zero attached hydrogens (tertiary/aromatic N) is 3. The quantitative estimate of drug-likeness (QED) is 0.814. The Bertz CT molecular complexity index is 398. The zero-order valence-electron chi connectivity index (χ0n) is 8.50. The minimum Gasteiger partial charge on any atom is -0.476 e. The van der Waals surface area contributed by atoms with Crippen molar-refractivity contribution in [2.24, 2.45) is 5.29 Å². The van der Waals surface area contributed by atoms with E-state index in [1.54, 1.807) is 5.38 Å². The Kier molecular flexibility index (Phi) is 3.14. The molecule has 2 heterocycles. The molecule has 2 rings (SSSR count). The highest BCUT2D eigenvalue weighted by atomic mass is 32.1. The van der Waals surface area contributed by atoms with Crippen molar-refractivity contribution < 1.29 is 9.90 Å². The van der Waals surface area contributed by atoms with Gasteiger partial charge in [0.15, 0.2) is 5.69 Å². The van der Waals surface area contributed by atoms with Gasteiger partial charge in [0, 0.05) is 24.4 Å². The lowest BCUT2D eigenvalue weighted by molar-refractivity contribution is 0.0691. The smallest absolute Gasteiger partial charge is 0.355 e. The molecule has 1 fully saturated rings. The number of thiazole rings is 1. The summed E-state index contributed by atoms with van der Waals surface area (Å²) in [5, 5.41) is 15.5. The summed E-state index contributed by atoms with van der Waals surface area (Å²) in [4.78, 5) is 25.0. The van der Waals surface area contributed by atoms with E-state index in [4.69, 9.17) is 5.11 Å². The fraction of sp³-hybridized carbons (Fsp3) is 0.556. The third kappa shape index (κ3) is 2.19. The van der Waals surface area contributed by atoms with Crippen LogP contribution in [-0.2, 0) is 0 Å². The molecule has 0 saturated carbocycles. The molecule has 86 valence electrons. The highest BCUT2D eigenvalue weighted by Gasteiger charge is 2.23. The normalized spacial score (nSPS) is 17.4. The summed E-state index contributed by atoms with van der Waals surface area (Å²) >= 11 is 1.37. The molecule has 0 bridgehead atoms. The van der Waals surface area contributed by atoms with E-state index in [0.717, 1.165) is 17.8 Å². The zero-order valence-corrected chi connectivity index (χ0v) is 9.31. The highest BCUT2D eigenvalue weighted by Crippen LogP contribution is 2.30. The second kappa shape index (κ2) is 4.56. The van der Waals surface area contributed by atoms with Gasteiger partial charge in [-0.05, 0) is 12.8 Å². The van der Waals surface area contributed by atoms with Crippen molar-refractivity contribution in [1.82, 2.24) is 9.99 Å². The molecule has 0 amide bonds. The average molecular weight is 241 g/mol. The van der Waals surface area contributed by atoms with Crippen LogP contribution in [0.3, 0.4) is 0 Å². The Morgan fingerprint density at radius 3 is 2.75 bits per heavy atom. The van der Waals surface area contributed by atoms with Gasteiger partial charge in [0.05, 0.1) is 10.3 Å². The molecule has 0 radical (unpaired) electrons. The van der Waals surface area contributed by atoms with Crippen LogP contribution in [0.15, 0.2) is 10.7 Å². The number of aromatic nitrogens is 1. The number of piperidine rings is 1. The molecule has 1 aromatic rings. The van der Waals surface area contributed by atoms with Crippen LogP contribution in [0.4, 0.5) is 0 Å². The number of carboxylic acids is 1. The summed E-state index contributed by atoms with van der Waals surface area (Å²) in [7, 11) is 0. The van der Waals surface area contributed by atoms with Crippen molar-refractivity contribution in [3.05, 3.63) is 21.0 Å². The Balaban J connectivity index is 2.02. The maximum absolute atomic E-state index is 10.7. The zero-order chi connectivity index (χ0) is 11.5. The van der Waals surface area contributed by atoms with E-state index >= 15 is 0 Å². The lowest BCUT2D eigenvalue weighted by Gasteiger charge is -2.26. The van der Waals surface area contributed by atoms with Gasteiger partial charge >= 0.3 is 5.97 Å². The number of carboxylic acid groups (broad SMARTS) is 1. The SMILES string of the molecule is O=NN1CCC(c2nc(C(=O)O)cs2)CC1. The van der Waals surface area contributed by atoms with Crippen LogP contribution in [0.2, 0.25) is 0 Å². The molecule has 0 spiro atoms. The van der Waals surface area contributed by atoms with Crippen molar-refractivity contribution in [2.45, 2.75) is 18.8 Å². The Labute approximate surface area is 95.9 Å². The van der Waals surface area contributed by atoms with E-state index in [1.165, 1.54) is 16.3 Å². The first-order valence-corrected chi connectivity index (χ1v) is 5.85. The maximum Gasteiger partial charge on any atom is 0.355 e. The fourth-order valence-corrected chi connectivity index (χ4v) is 2.73. The number of aromatic carboxylic acids is 1. The third-order valence-corrected chi connectivity index (χ3v) is 3.68. The minimum absolute atomic E-state index is 0.107. The Morgan fingerprint density at radius 1 is 1.56 bits per heavy atom. The van der Waals surface area contributed by atoms with Crippen LogP contribution in [0.5, 0.6) is 0 Å². The summed E-state index contributed by atoms with van der Waals surface area (Å²) in [6.07, 6.45) is 1.61. The van der Waals surface area contributed by atoms with E-state index in [2.05, 4.69) is 10.3 Å². The van der Waals surface area contributed by atoms with Gasteiger partial charge in [0.2, 0.25) is 0 Å². The number of rotatable bonds is 3. The first-order valence-electron chi connectivity index (χ1n) is 4.97. The lowest BCUT2D eigenvalue weighted by atomic mass is 9.99. The second-order valence-electron chi connectivity index (χ2n) is 3.69.